The molecule has 0 spiro atoms. The number of rotatable bonds is 4. The molecule has 0 bridgehead atoms. The fourth-order valence-electron chi connectivity index (χ4n) is 3.50. The van der Waals surface area contributed by atoms with E-state index in [1.54, 1.807) is 11.8 Å². The van der Waals surface area contributed by atoms with Crippen LogP contribution in [-0.2, 0) is 13.2 Å². The molecule has 4 aromatic rings. The molecular weight excluding hydrogens is 389 g/mol. The van der Waals surface area contributed by atoms with Crippen molar-refractivity contribution in [3.63, 3.8) is 0 Å². The van der Waals surface area contributed by atoms with Gasteiger partial charge in [-0.1, -0.05) is 54.6 Å². The quantitative estimate of drug-likeness (QED) is 0.388. The summed E-state index contributed by atoms with van der Waals surface area (Å²) in [5.41, 5.74) is 4.16. The smallest absolute Gasteiger partial charge is 0.416 e. The molecule has 30 heavy (non-hydrogen) atoms. The Morgan fingerprint density at radius 2 is 1.37 bits per heavy atom. The van der Waals surface area contributed by atoms with Gasteiger partial charge in [0, 0.05) is 23.7 Å². The normalized spacial score (nSPS) is 11.5. The Kier molecular flexibility index (Phi) is 5.08. The summed E-state index contributed by atoms with van der Waals surface area (Å²) in [5.74, 6) is 0.722. The summed E-state index contributed by atoms with van der Waals surface area (Å²) in [4.78, 5) is 0. The number of halogens is 3. The van der Waals surface area contributed by atoms with Gasteiger partial charge in [-0.25, -0.2) is 0 Å². The highest BCUT2D eigenvalue weighted by molar-refractivity contribution is 5.91. The Morgan fingerprint density at radius 3 is 1.93 bits per heavy atom. The van der Waals surface area contributed by atoms with E-state index in [0.717, 1.165) is 40.3 Å². The maximum Gasteiger partial charge on any atom is 0.416 e. The molecule has 152 valence electrons. The molecular formula is C24H19F3N2O. The number of ether oxygens (including phenoxy) is 1. The maximum atomic E-state index is 13.0. The topological polar surface area (TPSA) is 27.1 Å². The van der Waals surface area contributed by atoms with Crippen molar-refractivity contribution in [2.24, 2.45) is 7.05 Å². The summed E-state index contributed by atoms with van der Waals surface area (Å²) in [6, 6.07) is 22.5. The first-order chi connectivity index (χ1) is 14.4. The van der Waals surface area contributed by atoms with Gasteiger partial charge in [-0.15, -0.1) is 0 Å². The summed E-state index contributed by atoms with van der Waals surface area (Å²) in [7, 11) is 3.44. The minimum absolute atomic E-state index is 0.617. The molecule has 3 nitrogen and oxygen atoms in total. The van der Waals surface area contributed by atoms with Crippen molar-refractivity contribution in [1.29, 1.82) is 0 Å². The van der Waals surface area contributed by atoms with Crippen LogP contribution in [0.25, 0.3) is 33.6 Å². The number of methoxy groups -OCH3 is 1. The van der Waals surface area contributed by atoms with E-state index >= 15 is 0 Å². The lowest BCUT2D eigenvalue weighted by Gasteiger charge is -2.10. The molecule has 0 radical (unpaired) electrons. The second-order valence-corrected chi connectivity index (χ2v) is 6.87. The van der Waals surface area contributed by atoms with Gasteiger partial charge < -0.3 is 4.74 Å². The molecule has 0 atom stereocenters. The zero-order chi connectivity index (χ0) is 21.3. The summed E-state index contributed by atoms with van der Waals surface area (Å²) in [6.45, 7) is 0. The van der Waals surface area contributed by atoms with E-state index in [1.165, 1.54) is 12.1 Å². The Morgan fingerprint density at radius 1 is 0.767 bits per heavy atom. The number of aromatic nitrogens is 2. The molecule has 0 aliphatic heterocycles. The molecule has 1 heterocycles. The van der Waals surface area contributed by atoms with Crippen LogP contribution >= 0.6 is 0 Å². The average molecular weight is 408 g/mol. The highest BCUT2D eigenvalue weighted by Gasteiger charge is 2.30. The monoisotopic (exact) mass is 408 g/mol. The number of alkyl halides is 3. The molecule has 6 heteroatoms. The van der Waals surface area contributed by atoms with Crippen LogP contribution in [0.1, 0.15) is 5.56 Å². The molecule has 3 aromatic carbocycles. The van der Waals surface area contributed by atoms with Crippen LogP contribution < -0.4 is 4.74 Å². The maximum absolute atomic E-state index is 13.0. The highest BCUT2D eigenvalue weighted by Crippen LogP contribution is 2.40. The van der Waals surface area contributed by atoms with Crippen LogP contribution in [0.4, 0.5) is 13.2 Å². The lowest BCUT2D eigenvalue weighted by molar-refractivity contribution is -0.137. The van der Waals surface area contributed by atoms with Crippen molar-refractivity contribution in [3.8, 4) is 39.4 Å². The first kappa shape index (κ1) is 19.8. The number of benzene rings is 3. The van der Waals surface area contributed by atoms with Gasteiger partial charge in [0.1, 0.15) is 11.4 Å². The van der Waals surface area contributed by atoms with Crippen molar-refractivity contribution in [2.45, 2.75) is 6.18 Å². The molecule has 0 saturated heterocycles. The average Bonchev–Trinajstić information content (AvgIpc) is 3.11. The Hall–Kier alpha value is -3.54. The first-order valence-electron chi connectivity index (χ1n) is 9.33. The van der Waals surface area contributed by atoms with E-state index in [1.807, 2.05) is 61.6 Å². The van der Waals surface area contributed by atoms with Gasteiger partial charge in [0.25, 0.3) is 0 Å². The van der Waals surface area contributed by atoms with E-state index in [0.29, 0.717) is 11.3 Å². The summed E-state index contributed by atoms with van der Waals surface area (Å²) >= 11 is 0. The SMILES string of the molecule is COc1ccc(-c2c(-c3ccc(C(F)(F)F)cc3)nn(C)c2-c2ccccc2)cc1. The molecule has 0 amide bonds. The van der Waals surface area contributed by atoms with Gasteiger partial charge in [-0.3, -0.25) is 4.68 Å². The molecule has 0 aliphatic carbocycles. The van der Waals surface area contributed by atoms with Crippen LogP contribution in [0.5, 0.6) is 5.75 Å². The minimum atomic E-state index is -4.38. The number of hydrogen-bond acceptors (Lipinski definition) is 2. The van der Waals surface area contributed by atoms with Crippen molar-refractivity contribution < 1.29 is 17.9 Å². The number of aryl methyl sites for hydroxylation is 1. The van der Waals surface area contributed by atoms with Crippen molar-refractivity contribution >= 4 is 0 Å². The third kappa shape index (κ3) is 3.68. The van der Waals surface area contributed by atoms with Crippen LogP contribution in [0.15, 0.2) is 78.9 Å². The van der Waals surface area contributed by atoms with Crippen LogP contribution in [-0.4, -0.2) is 16.9 Å². The third-order valence-corrected chi connectivity index (χ3v) is 4.96. The third-order valence-electron chi connectivity index (χ3n) is 4.96. The van der Waals surface area contributed by atoms with Gasteiger partial charge in [0.15, 0.2) is 0 Å². The molecule has 0 saturated carbocycles. The Bertz CT molecular complexity index is 1150. The second kappa shape index (κ2) is 7.71. The summed E-state index contributed by atoms with van der Waals surface area (Å²) in [5, 5.41) is 4.67. The predicted octanol–water partition coefficient (Wildman–Crippen LogP) is 6.45. The number of nitrogens with zero attached hydrogens (tertiary/aromatic N) is 2. The van der Waals surface area contributed by atoms with Gasteiger partial charge in [-0.05, 0) is 29.8 Å². The van der Waals surface area contributed by atoms with Crippen LogP contribution in [0.2, 0.25) is 0 Å². The molecule has 0 unspecified atom stereocenters. The molecule has 4 rings (SSSR count). The first-order valence-corrected chi connectivity index (χ1v) is 9.33. The fraction of sp³-hybridized carbons (Fsp3) is 0.125. The number of hydrogen-bond donors (Lipinski definition) is 0. The largest absolute Gasteiger partial charge is 0.497 e. The standard InChI is InChI=1S/C24H19F3N2O/c1-29-23(18-6-4-3-5-7-18)21(16-10-14-20(30-2)15-11-16)22(28-29)17-8-12-19(13-9-17)24(25,26)27/h3-15H,1-2H3. The molecule has 1 aromatic heterocycles. The van der Waals surface area contributed by atoms with E-state index in [-0.39, 0.29) is 0 Å². The van der Waals surface area contributed by atoms with Gasteiger partial charge in [0.2, 0.25) is 0 Å². The lowest BCUT2D eigenvalue weighted by Crippen LogP contribution is -2.04. The van der Waals surface area contributed by atoms with E-state index in [4.69, 9.17) is 4.74 Å². The van der Waals surface area contributed by atoms with Crippen molar-refractivity contribution in [2.75, 3.05) is 7.11 Å². The summed E-state index contributed by atoms with van der Waals surface area (Å²) in [6.07, 6.45) is -4.38. The fourth-order valence-corrected chi connectivity index (χ4v) is 3.50. The van der Waals surface area contributed by atoms with E-state index < -0.39 is 11.7 Å². The molecule has 0 N–H and O–H groups in total. The van der Waals surface area contributed by atoms with Crippen LogP contribution in [0.3, 0.4) is 0 Å². The van der Waals surface area contributed by atoms with E-state index in [9.17, 15) is 13.2 Å². The lowest BCUT2D eigenvalue weighted by atomic mass is 9.95. The molecule has 0 aliphatic rings. The van der Waals surface area contributed by atoms with Gasteiger partial charge >= 0.3 is 6.18 Å². The van der Waals surface area contributed by atoms with Gasteiger partial charge in [-0.2, -0.15) is 18.3 Å². The van der Waals surface area contributed by atoms with Crippen molar-refractivity contribution in [3.05, 3.63) is 84.4 Å². The highest BCUT2D eigenvalue weighted by atomic mass is 19.4. The Labute approximate surface area is 172 Å². The van der Waals surface area contributed by atoms with E-state index in [2.05, 4.69) is 5.10 Å². The van der Waals surface area contributed by atoms with Gasteiger partial charge in [0.05, 0.1) is 18.4 Å². The van der Waals surface area contributed by atoms with Crippen LogP contribution in [0, 0.1) is 0 Å². The molecule has 0 fully saturated rings. The predicted molar refractivity (Wildman–Crippen MR) is 111 cm³/mol. The zero-order valence-electron chi connectivity index (χ0n) is 16.4. The second-order valence-electron chi connectivity index (χ2n) is 6.87. The minimum Gasteiger partial charge on any atom is -0.497 e. The Balaban J connectivity index is 1.92. The zero-order valence-corrected chi connectivity index (χ0v) is 16.4. The summed E-state index contributed by atoms with van der Waals surface area (Å²) < 4.78 is 46.0. The van der Waals surface area contributed by atoms with Crippen molar-refractivity contribution in [1.82, 2.24) is 9.78 Å².